The van der Waals surface area contributed by atoms with Crippen molar-refractivity contribution in [2.75, 3.05) is 0 Å². The molecule has 7 aromatic rings. The largest absolute Gasteiger partial charge is 0.342 e. The lowest BCUT2D eigenvalue weighted by Gasteiger charge is -2.10. The molecule has 0 aliphatic rings. The smallest absolute Gasteiger partial charge is 0.0712 e. The van der Waals surface area contributed by atoms with Crippen LogP contribution < -0.4 is 0 Å². The number of fused-ring (bicyclic) bond motifs is 4. The number of nitrogens with zero attached hydrogens (tertiary/aromatic N) is 3. The second-order valence-electron chi connectivity index (χ2n) is 10.5. The summed E-state index contributed by atoms with van der Waals surface area (Å²) in [7, 11) is 2.09. The SMILES string of the molecule is CC(=Nc1cccc2cc3ccccc3cc12)c1ccc(C(C)=Nc2cccc3cc4ccccc4cc23)n1C. The van der Waals surface area contributed by atoms with Crippen LogP contribution in [0.15, 0.2) is 131 Å². The van der Waals surface area contributed by atoms with Crippen molar-refractivity contribution in [3.8, 4) is 0 Å². The summed E-state index contributed by atoms with van der Waals surface area (Å²) in [6.45, 7) is 4.17. The van der Waals surface area contributed by atoms with E-state index < -0.39 is 0 Å². The second-order valence-corrected chi connectivity index (χ2v) is 10.5. The lowest BCUT2D eigenvalue weighted by molar-refractivity contribution is 0.900. The molecule has 40 heavy (non-hydrogen) atoms. The predicted octanol–water partition coefficient (Wildman–Crippen LogP) is 9.92. The summed E-state index contributed by atoms with van der Waals surface area (Å²) < 4.78 is 2.19. The molecule has 3 nitrogen and oxygen atoms in total. The molecule has 0 bridgehead atoms. The van der Waals surface area contributed by atoms with Gasteiger partial charge >= 0.3 is 0 Å². The lowest BCUT2D eigenvalue weighted by Crippen LogP contribution is -2.09. The van der Waals surface area contributed by atoms with Crippen LogP contribution in [0.5, 0.6) is 0 Å². The standard InChI is InChI=1S/C37H29N3/c1-24(38-34-16-8-14-30-20-26-10-4-6-12-28(26)22-32(30)34)36-18-19-37(40(36)3)25(2)39-35-17-9-15-31-21-27-11-5-7-13-29(27)23-33(31)35/h4-23H,1-3H3. The summed E-state index contributed by atoms with van der Waals surface area (Å²) in [6, 6.07) is 42.9. The minimum absolute atomic E-state index is 0.971. The number of hydrogen-bond donors (Lipinski definition) is 0. The zero-order valence-corrected chi connectivity index (χ0v) is 22.9. The molecule has 0 radical (unpaired) electrons. The van der Waals surface area contributed by atoms with Gasteiger partial charge in [-0.1, -0.05) is 72.8 Å². The van der Waals surface area contributed by atoms with E-state index in [1.54, 1.807) is 0 Å². The minimum atomic E-state index is 0.971. The highest BCUT2D eigenvalue weighted by atomic mass is 15.0. The second kappa shape index (κ2) is 9.62. The van der Waals surface area contributed by atoms with Crippen LogP contribution in [-0.4, -0.2) is 16.0 Å². The maximum absolute atomic E-state index is 5.11. The van der Waals surface area contributed by atoms with E-state index in [9.17, 15) is 0 Å². The number of aliphatic imine (C=N–C) groups is 2. The molecule has 0 amide bonds. The Kier molecular flexibility index (Phi) is 5.78. The van der Waals surface area contributed by atoms with E-state index in [1.807, 2.05) is 0 Å². The fraction of sp³-hybridized carbons (Fsp3) is 0.0811. The first-order valence-electron chi connectivity index (χ1n) is 13.7. The van der Waals surface area contributed by atoms with Crippen LogP contribution in [-0.2, 0) is 7.05 Å². The zero-order valence-electron chi connectivity index (χ0n) is 22.9. The summed E-state index contributed by atoms with van der Waals surface area (Å²) in [5, 5.41) is 9.67. The van der Waals surface area contributed by atoms with Gasteiger partial charge in [-0.05, 0) is 94.7 Å². The fourth-order valence-corrected chi connectivity index (χ4v) is 5.81. The van der Waals surface area contributed by atoms with Crippen molar-refractivity contribution in [3.05, 3.63) is 133 Å². The van der Waals surface area contributed by atoms with Crippen LogP contribution in [0.3, 0.4) is 0 Å². The van der Waals surface area contributed by atoms with E-state index in [1.165, 1.54) is 32.3 Å². The summed E-state index contributed by atoms with van der Waals surface area (Å²) in [4.78, 5) is 10.2. The van der Waals surface area contributed by atoms with E-state index in [0.29, 0.717) is 0 Å². The quantitative estimate of drug-likeness (QED) is 0.165. The molecule has 0 spiro atoms. The number of benzene rings is 6. The van der Waals surface area contributed by atoms with E-state index in [0.717, 1.165) is 45.0 Å². The Morgan fingerprint density at radius 1 is 0.450 bits per heavy atom. The van der Waals surface area contributed by atoms with Crippen LogP contribution in [0.2, 0.25) is 0 Å². The van der Waals surface area contributed by atoms with Crippen molar-refractivity contribution >= 4 is 65.9 Å². The van der Waals surface area contributed by atoms with Gasteiger partial charge in [-0.2, -0.15) is 0 Å². The molecule has 0 N–H and O–H groups in total. The number of rotatable bonds is 4. The van der Waals surface area contributed by atoms with Crippen molar-refractivity contribution < 1.29 is 0 Å². The van der Waals surface area contributed by atoms with E-state index >= 15 is 0 Å². The molecule has 7 rings (SSSR count). The molecule has 1 heterocycles. The van der Waals surface area contributed by atoms with Gasteiger partial charge in [-0.3, -0.25) is 9.98 Å². The van der Waals surface area contributed by atoms with Crippen LogP contribution in [0.25, 0.3) is 43.1 Å². The molecular formula is C37H29N3. The first-order chi connectivity index (χ1) is 19.5. The van der Waals surface area contributed by atoms with Gasteiger partial charge in [0.05, 0.1) is 34.2 Å². The molecule has 1 aromatic heterocycles. The summed E-state index contributed by atoms with van der Waals surface area (Å²) in [6.07, 6.45) is 0. The summed E-state index contributed by atoms with van der Waals surface area (Å²) in [5.41, 5.74) is 6.06. The number of hydrogen-bond acceptors (Lipinski definition) is 2. The third-order valence-corrected chi connectivity index (χ3v) is 7.89. The molecular weight excluding hydrogens is 486 g/mol. The molecule has 0 saturated heterocycles. The highest BCUT2D eigenvalue weighted by Crippen LogP contribution is 2.32. The van der Waals surface area contributed by atoms with Crippen molar-refractivity contribution in [2.24, 2.45) is 17.0 Å². The Bertz CT molecular complexity index is 1990. The Labute approximate surface area is 233 Å². The van der Waals surface area contributed by atoms with Gasteiger partial charge in [0.15, 0.2) is 0 Å². The van der Waals surface area contributed by atoms with Gasteiger partial charge in [0.2, 0.25) is 0 Å². The maximum Gasteiger partial charge on any atom is 0.0712 e. The molecule has 0 fully saturated rings. The first-order valence-corrected chi connectivity index (χ1v) is 13.7. The summed E-state index contributed by atoms with van der Waals surface area (Å²) in [5.74, 6) is 0. The molecule has 192 valence electrons. The van der Waals surface area contributed by atoms with Crippen LogP contribution in [0.1, 0.15) is 25.2 Å². The van der Waals surface area contributed by atoms with Crippen molar-refractivity contribution in [1.82, 2.24) is 4.57 Å². The first kappa shape index (κ1) is 24.1. The molecule has 0 saturated carbocycles. The molecule has 0 unspecified atom stereocenters. The van der Waals surface area contributed by atoms with Gasteiger partial charge in [0.1, 0.15) is 0 Å². The molecule has 3 heteroatoms. The van der Waals surface area contributed by atoms with E-state index in [2.05, 4.69) is 147 Å². The van der Waals surface area contributed by atoms with Crippen LogP contribution in [0.4, 0.5) is 11.4 Å². The molecule has 0 aliphatic heterocycles. The van der Waals surface area contributed by atoms with Gasteiger partial charge in [-0.25, -0.2) is 0 Å². The fourth-order valence-electron chi connectivity index (χ4n) is 5.81. The Balaban J connectivity index is 1.27. The Morgan fingerprint density at radius 2 is 0.825 bits per heavy atom. The molecule has 0 aliphatic carbocycles. The average Bonchev–Trinajstić information content (AvgIpc) is 3.37. The Hall–Kier alpha value is -5.02. The Morgan fingerprint density at radius 3 is 1.25 bits per heavy atom. The highest BCUT2D eigenvalue weighted by Gasteiger charge is 2.12. The highest BCUT2D eigenvalue weighted by molar-refractivity contribution is 6.09. The van der Waals surface area contributed by atoms with Crippen molar-refractivity contribution in [1.29, 1.82) is 0 Å². The average molecular weight is 516 g/mol. The third-order valence-electron chi connectivity index (χ3n) is 7.89. The van der Waals surface area contributed by atoms with Gasteiger partial charge < -0.3 is 4.57 Å². The zero-order chi connectivity index (χ0) is 27.2. The van der Waals surface area contributed by atoms with E-state index in [4.69, 9.17) is 9.98 Å². The van der Waals surface area contributed by atoms with Crippen molar-refractivity contribution in [2.45, 2.75) is 13.8 Å². The lowest BCUT2D eigenvalue weighted by atomic mass is 10.0. The van der Waals surface area contributed by atoms with Crippen LogP contribution >= 0.6 is 0 Å². The predicted molar refractivity (Wildman–Crippen MR) is 172 cm³/mol. The topological polar surface area (TPSA) is 29.6 Å². The molecule has 6 aromatic carbocycles. The minimum Gasteiger partial charge on any atom is -0.342 e. The van der Waals surface area contributed by atoms with Crippen molar-refractivity contribution in [3.63, 3.8) is 0 Å². The maximum atomic E-state index is 5.11. The van der Waals surface area contributed by atoms with E-state index in [-0.39, 0.29) is 0 Å². The normalized spacial score (nSPS) is 12.7. The third kappa shape index (κ3) is 4.17. The van der Waals surface area contributed by atoms with Gasteiger partial charge in [0.25, 0.3) is 0 Å². The monoisotopic (exact) mass is 515 g/mol. The summed E-state index contributed by atoms with van der Waals surface area (Å²) >= 11 is 0. The molecule has 0 atom stereocenters. The van der Waals surface area contributed by atoms with Gasteiger partial charge in [0, 0.05) is 17.8 Å². The van der Waals surface area contributed by atoms with Crippen LogP contribution in [0, 0.1) is 0 Å². The number of aromatic nitrogens is 1. The van der Waals surface area contributed by atoms with Gasteiger partial charge in [-0.15, -0.1) is 0 Å².